The molecule has 0 heterocycles. The maximum Gasteiger partial charge on any atom is 0.351 e. The van der Waals surface area contributed by atoms with E-state index in [1.165, 1.54) is 6.92 Å². The van der Waals surface area contributed by atoms with Gasteiger partial charge in [0.05, 0.1) is 6.54 Å². The summed E-state index contributed by atoms with van der Waals surface area (Å²) in [7, 11) is 0. The van der Waals surface area contributed by atoms with Crippen LogP contribution in [-0.4, -0.2) is 23.3 Å². The standard InChI is InChI=1S/C9H16N2O2/c1-3-4-5-6-7-10-11-8(2)9(12)13/h5-6,10H,3-4,7H2,1-2H3,(H,12,13). The molecule has 74 valence electrons. The number of carbonyl (C=O) groups is 1. The Labute approximate surface area is 78.3 Å². The molecule has 0 unspecified atom stereocenters. The van der Waals surface area contributed by atoms with E-state index in [0.29, 0.717) is 6.54 Å². The summed E-state index contributed by atoms with van der Waals surface area (Å²) in [6.45, 7) is 4.13. The number of carboxylic acid groups (broad SMARTS) is 1. The largest absolute Gasteiger partial charge is 0.477 e. The van der Waals surface area contributed by atoms with Crippen molar-refractivity contribution >= 4 is 11.7 Å². The fourth-order valence-electron chi connectivity index (χ4n) is 0.633. The molecule has 0 saturated heterocycles. The van der Waals surface area contributed by atoms with Gasteiger partial charge in [-0.1, -0.05) is 25.5 Å². The van der Waals surface area contributed by atoms with Crippen molar-refractivity contribution in [1.29, 1.82) is 0 Å². The zero-order valence-corrected chi connectivity index (χ0v) is 8.08. The number of hydrogen-bond acceptors (Lipinski definition) is 3. The second-order valence-electron chi connectivity index (χ2n) is 2.62. The molecule has 0 aromatic rings. The summed E-state index contributed by atoms with van der Waals surface area (Å²) in [4.78, 5) is 10.3. The van der Waals surface area contributed by atoms with Crippen molar-refractivity contribution in [1.82, 2.24) is 5.43 Å². The Morgan fingerprint density at radius 3 is 2.77 bits per heavy atom. The summed E-state index contributed by atoms with van der Waals surface area (Å²) < 4.78 is 0. The highest BCUT2D eigenvalue weighted by atomic mass is 16.4. The first-order valence-electron chi connectivity index (χ1n) is 4.34. The van der Waals surface area contributed by atoms with Gasteiger partial charge in [0, 0.05) is 0 Å². The van der Waals surface area contributed by atoms with E-state index in [1.807, 2.05) is 12.2 Å². The lowest BCUT2D eigenvalue weighted by atomic mass is 10.3. The van der Waals surface area contributed by atoms with Crippen LogP contribution in [0.25, 0.3) is 0 Å². The number of rotatable bonds is 6. The molecular formula is C9H16N2O2. The number of hydrazone groups is 1. The number of nitrogens with zero attached hydrogens (tertiary/aromatic N) is 1. The molecule has 4 heteroatoms. The van der Waals surface area contributed by atoms with Gasteiger partial charge in [-0.25, -0.2) is 4.79 Å². The number of nitrogens with one attached hydrogen (secondary N) is 1. The molecule has 0 spiro atoms. The van der Waals surface area contributed by atoms with E-state index >= 15 is 0 Å². The lowest BCUT2D eigenvalue weighted by Gasteiger charge is -1.95. The van der Waals surface area contributed by atoms with E-state index in [1.54, 1.807) is 0 Å². The van der Waals surface area contributed by atoms with Gasteiger partial charge in [0.2, 0.25) is 0 Å². The second kappa shape index (κ2) is 7.34. The summed E-state index contributed by atoms with van der Waals surface area (Å²) in [5.41, 5.74) is 2.72. The fraction of sp³-hybridized carbons (Fsp3) is 0.556. The summed E-state index contributed by atoms with van der Waals surface area (Å²) >= 11 is 0. The maximum absolute atomic E-state index is 10.3. The molecule has 13 heavy (non-hydrogen) atoms. The normalized spacial score (nSPS) is 12.0. The van der Waals surface area contributed by atoms with E-state index in [-0.39, 0.29) is 5.71 Å². The van der Waals surface area contributed by atoms with Crippen molar-refractivity contribution in [3.8, 4) is 0 Å². The number of carboxylic acids is 1. The van der Waals surface area contributed by atoms with Crippen LogP contribution in [-0.2, 0) is 4.79 Å². The van der Waals surface area contributed by atoms with Crippen LogP contribution in [0.2, 0.25) is 0 Å². The van der Waals surface area contributed by atoms with E-state index in [9.17, 15) is 4.79 Å². The Bertz CT molecular complexity index is 210. The zero-order chi connectivity index (χ0) is 10.1. The Kier molecular flexibility index (Phi) is 6.59. The summed E-state index contributed by atoms with van der Waals surface area (Å²) in [6, 6.07) is 0. The molecule has 0 aliphatic carbocycles. The molecule has 0 saturated carbocycles. The number of unbranched alkanes of at least 4 members (excludes halogenated alkanes) is 1. The quantitative estimate of drug-likeness (QED) is 0.284. The minimum absolute atomic E-state index is 0.0730. The van der Waals surface area contributed by atoms with E-state index in [0.717, 1.165) is 12.8 Å². The fourth-order valence-corrected chi connectivity index (χ4v) is 0.633. The molecule has 0 amide bonds. The molecule has 0 radical (unpaired) electrons. The van der Waals surface area contributed by atoms with Crippen LogP contribution in [0.4, 0.5) is 0 Å². The molecule has 2 N–H and O–H groups in total. The van der Waals surface area contributed by atoms with Gasteiger partial charge in [-0.2, -0.15) is 5.10 Å². The smallest absolute Gasteiger partial charge is 0.351 e. The molecule has 0 fully saturated rings. The van der Waals surface area contributed by atoms with E-state index < -0.39 is 5.97 Å². The monoisotopic (exact) mass is 184 g/mol. The molecule has 4 nitrogen and oxygen atoms in total. The molecule has 0 aromatic carbocycles. The van der Waals surface area contributed by atoms with Crippen LogP contribution in [0.3, 0.4) is 0 Å². The predicted octanol–water partition coefficient (Wildman–Crippen LogP) is 1.39. The number of allylic oxidation sites excluding steroid dienone is 1. The van der Waals surface area contributed by atoms with Crippen molar-refractivity contribution in [2.75, 3.05) is 6.54 Å². The molecule has 0 aromatic heterocycles. The molecule has 0 rings (SSSR count). The number of aliphatic carboxylic acids is 1. The third kappa shape index (κ3) is 7.05. The molecular weight excluding hydrogens is 168 g/mol. The first kappa shape index (κ1) is 11.7. The number of hydrogen-bond donors (Lipinski definition) is 2. The molecule has 0 aliphatic heterocycles. The third-order valence-electron chi connectivity index (χ3n) is 1.39. The van der Waals surface area contributed by atoms with Crippen molar-refractivity contribution in [3.63, 3.8) is 0 Å². The SMILES string of the molecule is CCCC=CCNN=C(C)C(=O)O. The van der Waals surface area contributed by atoms with Gasteiger partial charge < -0.3 is 10.5 Å². The van der Waals surface area contributed by atoms with Crippen molar-refractivity contribution < 1.29 is 9.90 Å². The predicted molar refractivity (Wildman–Crippen MR) is 52.8 cm³/mol. The minimum Gasteiger partial charge on any atom is -0.477 e. The Balaban J connectivity index is 3.55. The lowest BCUT2D eigenvalue weighted by Crippen LogP contribution is -2.15. The molecule has 0 bridgehead atoms. The Morgan fingerprint density at radius 2 is 2.23 bits per heavy atom. The van der Waals surface area contributed by atoms with Crippen LogP contribution in [0, 0.1) is 0 Å². The van der Waals surface area contributed by atoms with Gasteiger partial charge in [0.25, 0.3) is 0 Å². The van der Waals surface area contributed by atoms with Crippen LogP contribution in [0.1, 0.15) is 26.7 Å². The minimum atomic E-state index is -0.995. The lowest BCUT2D eigenvalue weighted by molar-refractivity contribution is -0.129. The highest BCUT2D eigenvalue weighted by Crippen LogP contribution is 1.86. The second-order valence-corrected chi connectivity index (χ2v) is 2.62. The highest BCUT2D eigenvalue weighted by Gasteiger charge is 1.98. The van der Waals surface area contributed by atoms with Gasteiger partial charge in [-0.05, 0) is 13.3 Å². The van der Waals surface area contributed by atoms with E-state index in [2.05, 4.69) is 17.5 Å². The van der Waals surface area contributed by atoms with Crippen LogP contribution < -0.4 is 5.43 Å². The average Bonchev–Trinajstić information content (AvgIpc) is 2.10. The van der Waals surface area contributed by atoms with Crippen LogP contribution in [0.5, 0.6) is 0 Å². The first-order chi connectivity index (χ1) is 6.18. The van der Waals surface area contributed by atoms with Crippen molar-refractivity contribution in [2.45, 2.75) is 26.7 Å². The van der Waals surface area contributed by atoms with Gasteiger partial charge in [0.1, 0.15) is 5.71 Å². The first-order valence-corrected chi connectivity index (χ1v) is 4.34. The Hall–Kier alpha value is -1.32. The highest BCUT2D eigenvalue weighted by molar-refractivity contribution is 6.34. The average molecular weight is 184 g/mol. The maximum atomic E-state index is 10.3. The summed E-state index contributed by atoms with van der Waals surface area (Å²) in [6.07, 6.45) is 6.14. The van der Waals surface area contributed by atoms with Crippen molar-refractivity contribution in [3.05, 3.63) is 12.2 Å². The zero-order valence-electron chi connectivity index (χ0n) is 8.08. The van der Waals surface area contributed by atoms with Gasteiger partial charge in [-0.3, -0.25) is 0 Å². The van der Waals surface area contributed by atoms with E-state index in [4.69, 9.17) is 5.11 Å². The van der Waals surface area contributed by atoms with Crippen LogP contribution >= 0.6 is 0 Å². The molecule has 0 atom stereocenters. The summed E-state index contributed by atoms with van der Waals surface area (Å²) in [5.74, 6) is -0.995. The van der Waals surface area contributed by atoms with Crippen LogP contribution in [0.15, 0.2) is 17.3 Å². The topological polar surface area (TPSA) is 61.7 Å². The van der Waals surface area contributed by atoms with Gasteiger partial charge in [0.15, 0.2) is 0 Å². The Morgan fingerprint density at radius 1 is 1.54 bits per heavy atom. The third-order valence-corrected chi connectivity index (χ3v) is 1.39. The molecule has 0 aliphatic rings. The van der Waals surface area contributed by atoms with Gasteiger partial charge >= 0.3 is 5.97 Å². The van der Waals surface area contributed by atoms with Gasteiger partial charge in [-0.15, -0.1) is 0 Å². The summed E-state index contributed by atoms with van der Waals surface area (Å²) in [5, 5.41) is 12.1. The van der Waals surface area contributed by atoms with Crippen molar-refractivity contribution in [2.24, 2.45) is 5.10 Å².